The first kappa shape index (κ1) is 11.6. The Bertz CT molecular complexity index is 418. The van der Waals surface area contributed by atoms with Gasteiger partial charge in [0.2, 0.25) is 0 Å². The SMILES string of the molecule is CC(OS(C)(=O)=O)c1cccc(Br)n1. The smallest absolute Gasteiger partial charge is 0.261 e. The Kier molecular flexibility index (Phi) is 3.63. The van der Waals surface area contributed by atoms with Gasteiger partial charge in [-0.25, -0.2) is 4.98 Å². The largest absolute Gasteiger partial charge is 0.265 e. The number of aromatic nitrogens is 1. The molecule has 0 aliphatic rings. The molecule has 0 radical (unpaired) electrons. The molecule has 0 spiro atoms. The second-order valence-corrected chi connectivity index (χ2v) is 5.24. The van der Waals surface area contributed by atoms with E-state index < -0.39 is 16.2 Å². The molecule has 1 aromatic rings. The number of hydrogen-bond donors (Lipinski definition) is 0. The van der Waals surface area contributed by atoms with Gasteiger partial charge in [-0.15, -0.1) is 0 Å². The van der Waals surface area contributed by atoms with Crippen LogP contribution in [0, 0.1) is 0 Å². The molecule has 1 atom stereocenters. The summed E-state index contributed by atoms with van der Waals surface area (Å²) in [4.78, 5) is 4.08. The number of pyridine rings is 1. The fourth-order valence-corrected chi connectivity index (χ4v) is 1.94. The average Bonchev–Trinajstić information content (AvgIpc) is 2.01. The molecule has 4 nitrogen and oxygen atoms in total. The van der Waals surface area contributed by atoms with Crippen molar-refractivity contribution < 1.29 is 12.6 Å². The van der Waals surface area contributed by atoms with Crippen molar-refractivity contribution in [3.63, 3.8) is 0 Å². The molecule has 0 saturated heterocycles. The maximum Gasteiger partial charge on any atom is 0.265 e. The summed E-state index contributed by atoms with van der Waals surface area (Å²) in [6.45, 7) is 1.63. The molecule has 0 amide bonds. The van der Waals surface area contributed by atoms with Crippen molar-refractivity contribution in [2.75, 3.05) is 6.26 Å². The third-order valence-electron chi connectivity index (χ3n) is 1.47. The van der Waals surface area contributed by atoms with Gasteiger partial charge in [-0.1, -0.05) is 6.07 Å². The minimum absolute atomic E-state index is 0.567. The van der Waals surface area contributed by atoms with E-state index in [1.165, 1.54) is 0 Å². The van der Waals surface area contributed by atoms with Crippen LogP contribution in [-0.2, 0) is 14.3 Å². The molecule has 0 saturated carbocycles. The van der Waals surface area contributed by atoms with E-state index in [2.05, 4.69) is 20.9 Å². The molecule has 0 bridgehead atoms. The van der Waals surface area contributed by atoms with Gasteiger partial charge in [-0.05, 0) is 35.0 Å². The molecule has 0 aromatic carbocycles. The highest BCUT2D eigenvalue weighted by atomic mass is 79.9. The van der Waals surface area contributed by atoms with Crippen molar-refractivity contribution in [2.45, 2.75) is 13.0 Å². The predicted octanol–water partition coefficient (Wildman–Crippen LogP) is 1.88. The summed E-state index contributed by atoms with van der Waals surface area (Å²) in [5.74, 6) is 0. The maximum atomic E-state index is 10.8. The predicted molar refractivity (Wildman–Crippen MR) is 56.3 cm³/mol. The third kappa shape index (κ3) is 3.73. The maximum absolute atomic E-state index is 10.8. The van der Waals surface area contributed by atoms with Gasteiger partial charge in [-0.2, -0.15) is 8.42 Å². The zero-order valence-corrected chi connectivity index (χ0v) is 10.2. The van der Waals surface area contributed by atoms with Crippen LogP contribution >= 0.6 is 15.9 Å². The van der Waals surface area contributed by atoms with Crippen LogP contribution < -0.4 is 0 Å². The number of rotatable bonds is 3. The lowest BCUT2D eigenvalue weighted by Crippen LogP contribution is -2.08. The van der Waals surface area contributed by atoms with E-state index in [1.54, 1.807) is 25.1 Å². The van der Waals surface area contributed by atoms with Gasteiger partial charge in [0.05, 0.1) is 11.9 Å². The Hall–Kier alpha value is -0.460. The highest BCUT2D eigenvalue weighted by Crippen LogP contribution is 2.18. The Morgan fingerprint density at radius 1 is 1.50 bits per heavy atom. The molecule has 6 heteroatoms. The molecule has 0 aliphatic carbocycles. The Morgan fingerprint density at radius 3 is 2.64 bits per heavy atom. The fourth-order valence-electron chi connectivity index (χ4n) is 0.962. The first-order valence-corrected chi connectivity index (χ1v) is 6.50. The van der Waals surface area contributed by atoms with E-state index in [4.69, 9.17) is 4.18 Å². The van der Waals surface area contributed by atoms with Gasteiger partial charge < -0.3 is 0 Å². The lowest BCUT2D eigenvalue weighted by molar-refractivity contribution is 0.231. The minimum atomic E-state index is -3.44. The second-order valence-electron chi connectivity index (χ2n) is 2.83. The summed E-state index contributed by atoms with van der Waals surface area (Å²) in [7, 11) is -3.44. The molecule has 0 N–H and O–H groups in total. The average molecular weight is 280 g/mol. The standard InChI is InChI=1S/C8H10BrNO3S/c1-6(13-14(2,11)12)7-4-3-5-8(9)10-7/h3-6H,1-2H3. The van der Waals surface area contributed by atoms with Crippen molar-refractivity contribution in [3.05, 3.63) is 28.5 Å². The number of hydrogen-bond acceptors (Lipinski definition) is 4. The Morgan fingerprint density at radius 2 is 2.14 bits per heavy atom. The lowest BCUT2D eigenvalue weighted by atomic mass is 10.2. The molecule has 1 heterocycles. The van der Waals surface area contributed by atoms with E-state index in [9.17, 15) is 8.42 Å². The first-order chi connectivity index (χ1) is 6.38. The summed E-state index contributed by atoms with van der Waals surface area (Å²) < 4.78 is 27.1. The quantitative estimate of drug-likeness (QED) is 0.626. The van der Waals surface area contributed by atoms with E-state index >= 15 is 0 Å². The van der Waals surface area contributed by atoms with Gasteiger partial charge in [0, 0.05) is 0 Å². The van der Waals surface area contributed by atoms with E-state index in [-0.39, 0.29) is 0 Å². The number of halogens is 1. The van der Waals surface area contributed by atoms with Crippen LogP contribution in [0.1, 0.15) is 18.7 Å². The van der Waals surface area contributed by atoms with Crippen LogP contribution in [-0.4, -0.2) is 19.7 Å². The van der Waals surface area contributed by atoms with E-state index in [1.807, 2.05) is 0 Å². The lowest BCUT2D eigenvalue weighted by Gasteiger charge is -2.10. The minimum Gasteiger partial charge on any atom is -0.261 e. The molecular formula is C8H10BrNO3S. The zero-order chi connectivity index (χ0) is 10.8. The van der Waals surface area contributed by atoms with Gasteiger partial charge in [0.15, 0.2) is 0 Å². The first-order valence-electron chi connectivity index (χ1n) is 3.89. The highest BCUT2D eigenvalue weighted by molar-refractivity contribution is 9.10. The molecule has 0 aliphatic heterocycles. The summed E-state index contributed by atoms with van der Waals surface area (Å²) in [5, 5.41) is 0. The Balaban J connectivity index is 2.85. The highest BCUT2D eigenvalue weighted by Gasteiger charge is 2.13. The molecule has 78 valence electrons. The molecule has 14 heavy (non-hydrogen) atoms. The van der Waals surface area contributed by atoms with Crippen molar-refractivity contribution in [1.82, 2.24) is 4.98 Å². The second kappa shape index (κ2) is 4.37. The van der Waals surface area contributed by atoms with Crippen molar-refractivity contribution in [1.29, 1.82) is 0 Å². The number of nitrogens with zero attached hydrogens (tertiary/aromatic N) is 1. The normalized spacial score (nSPS) is 13.9. The topological polar surface area (TPSA) is 56.3 Å². The van der Waals surface area contributed by atoms with Crippen LogP contribution in [0.3, 0.4) is 0 Å². The van der Waals surface area contributed by atoms with Gasteiger partial charge in [0.1, 0.15) is 10.7 Å². The zero-order valence-electron chi connectivity index (χ0n) is 7.77. The molecular weight excluding hydrogens is 270 g/mol. The molecule has 1 rings (SSSR count). The van der Waals surface area contributed by atoms with Crippen molar-refractivity contribution in [2.24, 2.45) is 0 Å². The van der Waals surface area contributed by atoms with Crippen molar-refractivity contribution >= 4 is 26.0 Å². The van der Waals surface area contributed by atoms with Crippen LogP contribution in [0.25, 0.3) is 0 Å². The van der Waals surface area contributed by atoms with Crippen LogP contribution in [0.2, 0.25) is 0 Å². The Labute approximate surface area is 91.6 Å². The summed E-state index contributed by atoms with van der Waals surface area (Å²) in [6.07, 6.45) is 0.448. The fraction of sp³-hybridized carbons (Fsp3) is 0.375. The van der Waals surface area contributed by atoms with Gasteiger partial charge in [0.25, 0.3) is 10.1 Å². The van der Waals surface area contributed by atoms with E-state index in [0.717, 1.165) is 6.26 Å². The molecule has 1 unspecified atom stereocenters. The van der Waals surface area contributed by atoms with Crippen LogP contribution in [0.5, 0.6) is 0 Å². The van der Waals surface area contributed by atoms with Gasteiger partial charge in [-0.3, -0.25) is 4.18 Å². The van der Waals surface area contributed by atoms with Crippen LogP contribution in [0.15, 0.2) is 22.8 Å². The monoisotopic (exact) mass is 279 g/mol. The summed E-state index contributed by atoms with van der Waals surface area (Å²) in [5.41, 5.74) is 0.574. The van der Waals surface area contributed by atoms with Crippen LogP contribution in [0.4, 0.5) is 0 Å². The molecule has 1 aromatic heterocycles. The molecule has 0 fully saturated rings. The third-order valence-corrected chi connectivity index (χ3v) is 2.55. The summed E-state index contributed by atoms with van der Waals surface area (Å²) in [6, 6.07) is 5.24. The van der Waals surface area contributed by atoms with Crippen molar-refractivity contribution in [3.8, 4) is 0 Å². The van der Waals surface area contributed by atoms with E-state index in [0.29, 0.717) is 10.3 Å². The van der Waals surface area contributed by atoms with Gasteiger partial charge >= 0.3 is 0 Å². The summed E-state index contributed by atoms with van der Waals surface area (Å²) >= 11 is 3.19.